The SMILES string of the molecule is CN1CCN(CCCN2c3ccccc3Sc3ccc(Cl)cc32)CC1.O=C(O)/C=C/C(=O)O.O=C(O)/C=C/C(=O)O. The van der Waals surface area contributed by atoms with Gasteiger partial charge in [-0.1, -0.05) is 35.5 Å². The number of fused-ring (bicyclic) bond motifs is 2. The van der Waals surface area contributed by atoms with Gasteiger partial charge >= 0.3 is 23.9 Å². The third kappa shape index (κ3) is 12.5. The summed E-state index contributed by atoms with van der Waals surface area (Å²) in [5, 5.41) is 32.1. The number of anilines is 2. The highest BCUT2D eigenvalue weighted by Crippen LogP contribution is 2.48. The molecular formula is C28H32ClN3O8S. The second-order valence-corrected chi connectivity index (χ2v) is 10.4. The molecule has 11 nitrogen and oxygen atoms in total. The molecule has 0 unspecified atom stereocenters. The molecule has 1 fully saturated rings. The smallest absolute Gasteiger partial charge is 0.328 e. The summed E-state index contributed by atoms with van der Waals surface area (Å²) in [6.45, 7) is 6.92. The zero-order valence-electron chi connectivity index (χ0n) is 22.4. The summed E-state index contributed by atoms with van der Waals surface area (Å²) < 4.78 is 0. The fourth-order valence-electron chi connectivity index (χ4n) is 3.85. The Kier molecular flexibility index (Phi) is 13.9. The number of likely N-dealkylation sites (N-methyl/N-ethyl adjacent to an activating group) is 1. The Balaban J connectivity index is 0.000000304. The van der Waals surface area contributed by atoms with E-state index in [9.17, 15) is 19.2 Å². The van der Waals surface area contributed by atoms with Crippen LogP contribution in [0.2, 0.25) is 5.02 Å². The number of hydrogen-bond acceptors (Lipinski definition) is 8. The van der Waals surface area contributed by atoms with Crippen LogP contribution in [0.4, 0.5) is 11.4 Å². The lowest BCUT2D eigenvalue weighted by molar-refractivity contribution is -0.134. The van der Waals surface area contributed by atoms with Crippen molar-refractivity contribution >= 4 is 58.6 Å². The maximum Gasteiger partial charge on any atom is 0.328 e. The van der Waals surface area contributed by atoms with Crippen molar-refractivity contribution in [1.29, 1.82) is 0 Å². The van der Waals surface area contributed by atoms with Crippen molar-refractivity contribution in [2.24, 2.45) is 0 Å². The zero-order chi connectivity index (χ0) is 30.4. The molecule has 2 aromatic rings. The number of piperazine rings is 1. The monoisotopic (exact) mass is 605 g/mol. The van der Waals surface area contributed by atoms with Crippen molar-refractivity contribution in [3.63, 3.8) is 0 Å². The molecule has 4 N–H and O–H groups in total. The van der Waals surface area contributed by atoms with Gasteiger partial charge in [0.2, 0.25) is 0 Å². The van der Waals surface area contributed by atoms with Crippen molar-refractivity contribution in [3.8, 4) is 0 Å². The first kappa shape index (κ1) is 33.4. The number of carboxylic acids is 4. The van der Waals surface area contributed by atoms with Crippen LogP contribution in [-0.4, -0.2) is 100 Å². The summed E-state index contributed by atoms with van der Waals surface area (Å²) >= 11 is 8.13. The van der Waals surface area contributed by atoms with Crippen LogP contribution in [-0.2, 0) is 19.2 Å². The van der Waals surface area contributed by atoms with Gasteiger partial charge in [0.1, 0.15) is 0 Å². The van der Waals surface area contributed by atoms with Gasteiger partial charge in [-0.05, 0) is 50.3 Å². The first-order chi connectivity index (χ1) is 19.5. The number of carbonyl (C=O) groups is 4. The predicted molar refractivity (Wildman–Crippen MR) is 156 cm³/mol. The number of hydrogen-bond donors (Lipinski definition) is 4. The average molecular weight is 606 g/mol. The molecule has 0 aliphatic carbocycles. The second kappa shape index (κ2) is 17.1. The Hall–Kier alpha value is -3.84. The fraction of sp³-hybridized carbons (Fsp3) is 0.286. The molecule has 0 amide bonds. The Morgan fingerprint density at radius 3 is 1.80 bits per heavy atom. The number of carboxylic acid groups (broad SMARTS) is 4. The lowest BCUT2D eigenvalue weighted by Crippen LogP contribution is -2.45. The summed E-state index contributed by atoms with van der Waals surface area (Å²) in [5.41, 5.74) is 2.55. The highest BCUT2D eigenvalue weighted by atomic mass is 35.5. The summed E-state index contributed by atoms with van der Waals surface area (Å²) in [6.07, 6.45) is 3.39. The molecule has 0 radical (unpaired) electrons. The number of para-hydroxylation sites is 1. The van der Waals surface area contributed by atoms with E-state index in [1.807, 2.05) is 17.8 Å². The molecule has 0 atom stereocenters. The normalized spacial score (nSPS) is 14.7. The number of nitrogens with zero attached hydrogens (tertiary/aromatic N) is 3. The molecule has 220 valence electrons. The molecular weight excluding hydrogens is 574 g/mol. The van der Waals surface area contributed by atoms with Crippen molar-refractivity contribution in [2.75, 3.05) is 51.2 Å². The highest BCUT2D eigenvalue weighted by molar-refractivity contribution is 7.99. The molecule has 0 saturated carbocycles. The van der Waals surface area contributed by atoms with Gasteiger partial charge in [0.25, 0.3) is 0 Å². The minimum absolute atomic E-state index is 0.558. The van der Waals surface area contributed by atoms with Crippen LogP contribution in [0, 0.1) is 0 Å². The topological polar surface area (TPSA) is 159 Å². The minimum atomic E-state index is -1.26. The maximum atomic E-state index is 9.55. The third-order valence-corrected chi connectivity index (χ3v) is 7.14. The standard InChI is InChI=1S/C20H24ClN3S.2C4H4O4/c1-22-11-13-23(14-12-22)9-4-10-24-17-5-2-3-6-19(17)25-20-8-7-16(21)15-18(20)24;2*5-3(6)1-2-4(7)8/h2-3,5-8,15H,4,9-14H2,1H3;2*1-2H,(H,5,6)(H,7,8)/b;2*2-1+. The van der Waals surface area contributed by atoms with Gasteiger partial charge in [0.05, 0.1) is 11.4 Å². The average Bonchev–Trinajstić information content (AvgIpc) is 2.92. The molecule has 0 spiro atoms. The molecule has 2 aromatic carbocycles. The molecule has 13 heteroatoms. The molecule has 2 aliphatic heterocycles. The second-order valence-electron chi connectivity index (χ2n) is 8.85. The van der Waals surface area contributed by atoms with E-state index >= 15 is 0 Å². The number of rotatable bonds is 8. The van der Waals surface area contributed by atoms with Gasteiger partial charge < -0.3 is 35.1 Å². The number of aliphatic carboxylic acids is 4. The Bertz CT molecular complexity index is 1210. The van der Waals surface area contributed by atoms with Crippen LogP contribution in [0.1, 0.15) is 6.42 Å². The summed E-state index contributed by atoms with van der Waals surface area (Å²) in [6, 6.07) is 14.9. The van der Waals surface area contributed by atoms with Gasteiger partial charge in [-0.25, -0.2) is 19.2 Å². The van der Waals surface area contributed by atoms with Gasteiger partial charge in [0, 0.05) is 71.8 Å². The van der Waals surface area contributed by atoms with Crippen LogP contribution < -0.4 is 4.90 Å². The first-order valence-electron chi connectivity index (χ1n) is 12.5. The van der Waals surface area contributed by atoms with E-state index < -0.39 is 23.9 Å². The molecule has 41 heavy (non-hydrogen) atoms. The molecule has 2 heterocycles. The van der Waals surface area contributed by atoms with Crippen LogP contribution in [0.5, 0.6) is 0 Å². The van der Waals surface area contributed by atoms with Crippen LogP contribution in [0.25, 0.3) is 0 Å². The highest BCUT2D eigenvalue weighted by Gasteiger charge is 2.23. The zero-order valence-corrected chi connectivity index (χ0v) is 23.9. The summed E-state index contributed by atoms with van der Waals surface area (Å²) in [4.78, 5) is 48.3. The summed E-state index contributed by atoms with van der Waals surface area (Å²) in [7, 11) is 2.21. The Morgan fingerprint density at radius 2 is 1.27 bits per heavy atom. The van der Waals surface area contributed by atoms with Crippen LogP contribution in [0.15, 0.2) is 76.6 Å². The number of benzene rings is 2. The Morgan fingerprint density at radius 1 is 0.756 bits per heavy atom. The lowest BCUT2D eigenvalue weighted by atomic mass is 10.2. The molecule has 2 aliphatic rings. The predicted octanol–water partition coefficient (Wildman–Crippen LogP) is 4.00. The molecule has 0 bridgehead atoms. The van der Waals surface area contributed by atoms with Gasteiger partial charge in [-0.15, -0.1) is 0 Å². The van der Waals surface area contributed by atoms with E-state index in [2.05, 4.69) is 58.1 Å². The maximum absolute atomic E-state index is 9.55. The van der Waals surface area contributed by atoms with E-state index in [0.29, 0.717) is 24.3 Å². The van der Waals surface area contributed by atoms with Crippen molar-refractivity contribution in [2.45, 2.75) is 16.2 Å². The third-order valence-electron chi connectivity index (χ3n) is 5.78. The van der Waals surface area contributed by atoms with Crippen LogP contribution >= 0.6 is 23.4 Å². The van der Waals surface area contributed by atoms with Crippen molar-refractivity contribution in [3.05, 3.63) is 71.8 Å². The lowest BCUT2D eigenvalue weighted by Gasteiger charge is -2.35. The molecule has 0 aromatic heterocycles. The first-order valence-corrected chi connectivity index (χ1v) is 13.7. The van der Waals surface area contributed by atoms with E-state index in [1.54, 1.807) is 0 Å². The van der Waals surface area contributed by atoms with E-state index in [4.69, 9.17) is 32.0 Å². The van der Waals surface area contributed by atoms with E-state index in [1.165, 1.54) is 47.3 Å². The van der Waals surface area contributed by atoms with Gasteiger partial charge in [-0.3, -0.25) is 0 Å². The Labute approximate surface area is 246 Å². The van der Waals surface area contributed by atoms with Crippen molar-refractivity contribution in [1.82, 2.24) is 9.80 Å². The molecule has 4 rings (SSSR count). The summed E-state index contributed by atoms with van der Waals surface area (Å²) in [5.74, 6) is -5.03. The van der Waals surface area contributed by atoms with Crippen LogP contribution in [0.3, 0.4) is 0 Å². The molecule has 1 saturated heterocycles. The van der Waals surface area contributed by atoms with Gasteiger partial charge in [-0.2, -0.15) is 0 Å². The van der Waals surface area contributed by atoms with Gasteiger partial charge in [0.15, 0.2) is 0 Å². The van der Waals surface area contributed by atoms with Crippen molar-refractivity contribution < 1.29 is 39.6 Å². The fourth-order valence-corrected chi connectivity index (χ4v) is 5.09. The minimum Gasteiger partial charge on any atom is -0.478 e. The quantitative estimate of drug-likeness (QED) is 0.321. The van der Waals surface area contributed by atoms with E-state index in [-0.39, 0.29) is 0 Å². The number of halogens is 1. The largest absolute Gasteiger partial charge is 0.478 e. The van der Waals surface area contributed by atoms with E-state index in [0.717, 1.165) is 24.5 Å².